The summed E-state index contributed by atoms with van der Waals surface area (Å²) in [6.07, 6.45) is 3.91. The molecule has 1 aromatic rings. The van der Waals surface area contributed by atoms with E-state index in [4.69, 9.17) is 5.73 Å². The lowest BCUT2D eigenvalue weighted by Gasteiger charge is -2.10. The average Bonchev–Trinajstić information content (AvgIpc) is 2.39. The van der Waals surface area contributed by atoms with Gasteiger partial charge in [0.1, 0.15) is 0 Å². The summed E-state index contributed by atoms with van der Waals surface area (Å²) in [6.45, 7) is 4.26. The Balaban J connectivity index is 2.73. The van der Waals surface area contributed by atoms with Gasteiger partial charge in [-0.1, -0.05) is 19.1 Å². The summed E-state index contributed by atoms with van der Waals surface area (Å²) in [6, 6.07) is 0.444. The molecule has 0 aliphatic carbocycles. The summed E-state index contributed by atoms with van der Waals surface area (Å²) in [5.41, 5.74) is 5.43. The highest BCUT2D eigenvalue weighted by Gasteiger charge is 2.06. The van der Waals surface area contributed by atoms with Crippen molar-refractivity contribution in [2.75, 3.05) is 5.73 Å². The van der Waals surface area contributed by atoms with Crippen molar-refractivity contribution < 1.29 is 0 Å². The summed E-state index contributed by atoms with van der Waals surface area (Å²) in [7, 11) is 0. The maximum Gasteiger partial charge on any atom is 0.165 e. The standard InChI is InChI=1S/C7H14N4/c1-3-6(4-2)11-5-7(8)9-10-11/h5-6H,3-4,8H2,1-2H3. The van der Waals surface area contributed by atoms with Crippen molar-refractivity contribution in [1.29, 1.82) is 0 Å². The first-order chi connectivity index (χ1) is 5.27. The van der Waals surface area contributed by atoms with Crippen molar-refractivity contribution in [3.8, 4) is 0 Å². The van der Waals surface area contributed by atoms with Gasteiger partial charge < -0.3 is 5.73 Å². The molecule has 0 fully saturated rings. The molecule has 0 aliphatic heterocycles. The number of rotatable bonds is 3. The number of hydrogen-bond donors (Lipinski definition) is 1. The fraction of sp³-hybridized carbons (Fsp3) is 0.714. The Labute approximate surface area is 66.4 Å². The van der Waals surface area contributed by atoms with E-state index in [1.807, 2.05) is 4.68 Å². The normalized spacial score (nSPS) is 10.8. The predicted octanol–water partition coefficient (Wildman–Crippen LogP) is 1.22. The third kappa shape index (κ3) is 1.69. The van der Waals surface area contributed by atoms with Crippen molar-refractivity contribution >= 4 is 5.82 Å². The largest absolute Gasteiger partial charge is 0.381 e. The third-order valence-corrected chi connectivity index (χ3v) is 1.84. The fourth-order valence-electron chi connectivity index (χ4n) is 1.13. The molecule has 0 bridgehead atoms. The molecule has 0 radical (unpaired) electrons. The summed E-state index contributed by atoms with van der Waals surface area (Å²) in [5, 5.41) is 7.62. The van der Waals surface area contributed by atoms with Crippen LogP contribution in [0.2, 0.25) is 0 Å². The van der Waals surface area contributed by atoms with Gasteiger partial charge in [0.05, 0.1) is 12.2 Å². The van der Waals surface area contributed by atoms with Gasteiger partial charge in [-0.15, -0.1) is 5.10 Å². The molecule has 4 heteroatoms. The van der Waals surface area contributed by atoms with Gasteiger partial charge in [-0.2, -0.15) is 0 Å². The Morgan fingerprint density at radius 1 is 1.55 bits per heavy atom. The maximum absolute atomic E-state index is 5.43. The Bertz CT molecular complexity index is 214. The van der Waals surface area contributed by atoms with Gasteiger partial charge in [0.15, 0.2) is 5.82 Å². The minimum Gasteiger partial charge on any atom is -0.381 e. The number of anilines is 1. The van der Waals surface area contributed by atoms with Crippen LogP contribution in [-0.4, -0.2) is 15.0 Å². The number of hydrogen-bond acceptors (Lipinski definition) is 3. The van der Waals surface area contributed by atoms with Crippen LogP contribution in [0.15, 0.2) is 6.20 Å². The van der Waals surface area contributed by atoms with Crippen LogP contribution in [0, 0.1) is 0 Å². The lowest BCUT2D eigenvalue weighted by molar-refractivity contribution is 0.418. The SMILES string of the molecule is CCC(CC)n1cc(N)nn1. The van der Waals surface area contributed by atoms with Crippen LogP contribution in [0.5, 0.6) is 0 Å². The predicted molar refractivity (Wildman–Crippen MR) is 44.1 cm³/mol. The van der Waals surface area contributed by atoms with Crippen LogP contribution in [0.4, 0.5) is 5.82 Å². The molecule has 0 aromatic carbocycles. The zero-order valence-electron chi connectivity index (χ0n) is 6.99. The van der Waals surface area contributed by atoms with E-state index in [9.17, 15) is 0 Å². The van der Waals surface area contributed by atoms with Crippen molar-refractivity contribution in [1.82, 2.24) is 15.0 Å². The van der Waals surface area contributed by atoms with Gasteiger partial charge in [0, 0.05) is 0 Å². The van der Waals surface area contributed by atoms with E-state index in [0.717, 1.165) is 12.8 Å². The molecular formula is C7H14N4. The molecule has 0 saturated carbocycles. The van der Waals surface area contributed by atoms with Crippen LogP contribution in [0.3, 0.4) is 0 Å². The molecule has 0 spiro atoms. The van der Waals surface area contributed by atoms with E-state index in [-0.39, 0.29) is 0 Å². The van der Waals surface area contributed by atoms with E-state index in [1.54, 1.807) is 6.20 Å². The second kappa shape index (κ2) is 3.37. The zero-order valence-corrected chi connectivity index (χ0v) is 6.99. The molecule has 1 rings (SSSR count). The Kier molecular flexibility index (Phi) is 2.46. The molecule has 1 aromatic heterocycles. The first-order valence-corrected chi connectivity index (χ1v) is 3.95. The lowest BCUT2D eigenvalue weighted by Crippen LogP contribution is -2.07. The minimum absolute atomic E-state index is 0.444. The summed E-state index contributed by atoms with van der Waals surface area (Å²) < 4.78 is 1.83. The smallest absolute Gasteiger partial charge is 0.165 e. The molecule has 11 heavy (non-hydrogen) atoms. The molecule has 0 saturated heterocycles. The van der Waals surface area contributed by atoms with Gasteiger partial charge >= 0.3 is 0 Å². The number of nitrogen functional groups attached to an aromatic ring is 1. The summed E-state index contributed by atoms with van der Waals surface area (Å²) >= 11 is 0. The molecule has 0 aliphatic rings. The zero-order chi connectivity index (χ0) is 8.27. The Hall–Kier alpha value is -1.06. The van der Waals surface area contributed by atoms with Crippen LogP contribution >= 0.6 is 0 Å². The Morgan fingerprint density at radius 2 is 2.18 bits per heavy atom. The van der Waals surface area contributed by atoms with Crippen molar-refractivity contribution in [2.45, 2.75) is 32.7 Å². The number of nitrogens with zero attached hydrogens (tertiary/aromatic N) is 3. The van der Waals surface area contributed by atoms with Gasteiger partial charge in [-0.05, 0) is 12.8 Å². The average molecular weight is 154 g/mol. The molecular weight excluding hydrogens is 140 g/mol. The first-order valence-electron chi connectivity index (χ1n) is 3.95. The molecule has 0 unspecified atom stereocenters. The van der Waals surface area contributed by atoms with Crippen LogP contribution in [0.25, 0.3) is 0 Å². The third-order valence-electron chi connectivity index (χ3n) is 1.84. The van der Waals surface area contributed by atoms with E-state index in [0.29, 0.717) is 11.9 Å². The fourth-order valence-corrected chi connectivity index (χ4v) is 1.13. The van der Waals surface area contributed by atoms with Crippen molar-refractivity contribution in [2.24, 2.45) is 0 Å². The first kappa shape index (κ1) is 8.04. The van der Waals surface area contributed by atoms with Gasteiger partial charge in [0.2, 0.25) is 0 Å². The topological polar surface area (TPSA) is 56.7 Å². The van der Waals surface area contributed by atoms with E-state index < -0.39 is 0 Å². The van der Waals surface area contributed by atoms with E-state index >= 15 is 0 Å². The van der Waals surface area contributed by atoms with E-state index in [1.165, 1.54) is 0 Å². The lowest BCUT2D eigenvalue weighted by atomic mass is 10.2. The molecule has 4 nitrogen and oxygen atoms in total. The monoisotopic (exact) mass is 154 g/mol. The van der Waals surface area contributed by atoms with Crippen molar-refractivity contribution in [3.05, 3.63) is 6.20 Å². The second-order valence-electron chi connectivity index (χ2n) is 2.59. The molecule has 1 heterocycles. The number of aromatic nitrogens is 3. The highest BCUT2D eigenvalue weighted by molar-refractivity contribution is 5.20. The Morgan fingerprint density at radius 3 is 2.55 bits per heavy atom. The van der Waals surface area contributed by atoms with Crippen LogP contribution in [-0.2, 0) is 0 Å². The second-order valence-corrected chi connectivity index (χ2v) is 2.59. The molecule has 0 atom stereocenters. The van der Waals surface area contributed by atoms with E-state index in [2.05, 4.69) is 24.2 Å². The molecule has 62 valence electrons. The highest BCUT2D eigenvalue weighted by Crippen LogP contribution is 2.13. The summed E-state index contributed by atoms with van der Waals surface area (Å²) in [5.74, 6) is 0.497. The van der Waals surface area contributed by atoms with Gasteiger partial charge in [-0.25, -0.2) is 4.68 Å². The summed E-state index contributed by atoms with van der Waals surface area (Å²) in [4.78, 5) is 0. The minimum atomic E-state index is 0.444. The van der Waals surface area contributed by atoms with Crippen LogP contribution in [0.1, 0.15) is 32.7 Å². The number of nitrogens with two attached hydrogens (primary N) is 1. The van der Waals surface area contributed by atoms with Crippen LogP contribution < -0.4 is 5.73 Å². The van der Waals surface area contributed by atoms with Gasteiger partial charge in [-0.3, -0.25) is 0 Å². The quantitative estimate of drug-likeness (QED) is 0.712. The van der Waals surface area contributed by atoms with Crippen molar-refractivity contribution in [3.63, 3.8) is 0 Å². The molecule has 2 N–H and O–H groups in total. The maximum atomic E-state index is 5.43. The highest BCUT2D eigenvalue weighted by atomic mass is 15.4. The molecule has 0 amide bonds. The van der Waals surface area contributed by atoms with Gasteiger partial charge in [0.25, 0.3) is 0 Å².